The molecule has 0 atom stereocenters. The quantitative estimate of drug-likeness (QED) is 0.156. The Balaban J connectivity index is 0.0000000994. The largest absolute Gasteiger partial charge is 0.458 e. The van der Waals surface area contributed by atoms with Crippen LogP contribution in [0.5, 0.6) is 34.5 Å². The van der Waals surface area contributed by atoms with Crippen molar-refractivity contribution in [2.75, 3.05) is 4.90 Å². The number of hydrogen-bond donors (Lipinski definition) is 0. The van der Waals surface area contributed by atoms with Crippen molar-refractivity contribution in [3.05, 3.63) is 560 Å². The molecule has 0 bridgehead atoms. The van der Waals surface area contributed by atoms with Crippen LogP contribution in [-0.4, -0.2) is 41.9 Å². The van der Waals surface area contributed by atoms with Gasteiger partial charge in [0.25, 0.3) is 20.1 Å². The standard InChI is InChI=1S/C49H31BN2O.C43H26BNO.C42H28BNOSi/c1-2-16-32(17-3-1)51-44-27-13-7-21-37(44)49(38-22-8-14-28-45(38)51)36-20-6-9-23-40(36)50-41-24-10-15-29-46(41)53-47-31-33(30-39(49)48(47)50)52-42-25-11-4-18-34(42)35-19-5-12-26-43(35)52;1-5-17-32-28(13-1)29-14-2-6-18-33(29)43(32)34-19-7-8-20-36(34)44-37-21-9-12-24-40(37)46-41-26-27(25-35(43)42(41)44)45-38-22-10-3-15-30(38)31-16-4-11-23-39(31)45;1-3-15-30(16-4-1)46(31-17-5-2-6-18-31)40-26-14-10-22-35(40)43-34-21-9-13-25-38(34)45-39-27-29(28-41(46)42(39)43)44-36-23-11-7-19-32(36)33-20-8-12-24-37(33)44/h1-31H;1-26H;1-28H. The van der Waals surface area contributed by atoms with E-state index in [-0.39, 0.29) is 20.1 Å². The molecule has 2 spiro atoms. The van der Waals surface area contributed by atoms with Gasteiger partial charge in [-0.2, -0.15) is 0 Å². The Morgan fingerprint density at radius 2 is 0.469 bits per heavy atom. The summed E-state index contributed by atoms with van der Waals surface area (Å²) in [6.07, 6.45) is 0. The van der Waals surface area contributed by atoms with Gasteiger partial charge in [-0.25, -0.2) is 0 Å². The Labute approximate surface area is 840 Å². The van der Waals surface area contributed by atoms with Gasteiger partial charge in [-0.1, -0.05) is 417 Å². The van der Waals surface area contributed by atoms with Crippen molar-refractivity contribution in [3.63, 3.8) is 0 Å². The van der Waals surface area contributed by atoms with Gasteiger partial charge in [-0.15, -0.1) is 0 Å². The summed E-state index contributed by atoms with van der Waals surface area (Å²) in [5.41, 5.74) is 37.4. The van der Waals surface area contributed by atoms with Crippen molar-refractivity contribution in [2.45, 2.75) is 10.8 Å². The topological polar surface area (TPSA) is 45.7 Å². The number of ether oxygens (including phenoxy) is 3. The lowest BCUT2D eigenvalue weighted by Gasteiger charge is -2.51. The van der Waals surface area contributed by atoms with E-state index in [4.69, 9.17) is 14.2 Å². The van der Waals surface area contributed by atoms with Gasteiger partial charge < -0.3 is 32.8 Å². The van der Waals surface area contributed by atoms with Crippen molar-refractivity contribution in [1.29, 1.82) is 0 Å². The third-order valence-corrected chi connectivity index (χ3v) is 37.7. The molecule has 0 radical (unpaired) electrons. The first-order valence-electron chi connectivity index (χ1n) is 50.4. The molecule has 22 aromatic carbocycles. The summed E-state index contributed by atoms with van der Waals surface area (Å²) in [5, 5.41) is 13.1. The molecule has 672 valence electrons. The van der Waals surface area contributed by atoms with Gasteiger partial charge in [0.15, 0.2) is 8.07 Å². The third kappa shape index (κ3) is 11.3. The number of rotatable bonds is 6. The molecule has 0 unspecified atom stereocenters. The van der Waals surface area contributed by atoms with E-state index in [0.29, 0.717) is 0 Å². The van der Waals surface area contributed by atoms with Gasteiger partial charge in [0, 0.05) is 61.9 Å². The van der Waals surface area contributed by atoms with E-state index >= 15 is 0 Å². The van der Waals surface area contributed by atoms with Crippen molar-refractivity contribution in [3.8, 4) is 62.7 Å². The Morgan fingerprint density at radius 1 is 0.186 bits per heavy atom. The highest BCUT2D eigenvalue weighted by atomic mass is 28.3. The number of benzene rings is 22. The molecule has 10 heterocycles. The van der Waals surface area contributed by atoms with Gasteiger partial charge >= 0.3 is 0 Å². The lowest BCUT2D eigenvalue weighted by Crippen LogP contribution is -2.87. The summed E-state index contributed by atoms with van der Waals surface area (Å²) < 4.78 is 28.3. The number of aromatic nitrogens is 3. The average molecular weight is 1860 g/mol. The second-order valence-corrected chi connectivity index (χ2v) is 43.3. The lowest BCUT2D eigenvalue weighted by molar-refractivity contribution is 0.485. The number of para-hydroxylation sites is 12. The smallest absolute Gasteiger partial charge is 0.251 e. The molecule has 25 aromatic rings. The monoisotopic (exact) mass is 1860 g/mol. The molecule has 0 saturated carbocycles. The van der Waals surface area contributed by atoms with E-state index < -0.39 is 18.9 Å². The van der Waals surface area contributed by atoms with E-state index in [1.54, 1.807) is 0 Å². The van der Waals surface area contributed by atoms with Crippen molar-refractivity contribution in [1.82, 2.24) is 13.7 Å². The maximum atomic E-state index is 7.08. The molecule has 0 saturated heterocycles. The fourth-order valence-corrected chi connectivity index (χ4v) is 32.8. The summed E-state index contributed by atoms with van der Waals surface area (Å²) >= 11 is 0. The average Bonchev–Trinajstić information content (AvgIpc) is 1.58. The van der Waals surface area contributed by atoms with E-state index in [2.05, 4.69) is 534 Å². The minimum absolute atomic E-state index is 0.0189. The highest BCUT2D eigenvalue weighted by Gasteiger charge is 2.59. The van der Waals surface area contributed by atoms with E-state index in [9.17, 15) is 0 Å². The highest BCUT2D eigenvalue weighted by molar-refractivity contribution is 7.26. The second-order valence-electron chi connectivity index (χ2n) is 39.6. The first-order valence-corrected chi connectivity index (χ1v) is 52.4. The van der Waals surface area contributed by atoms with Crippen molar-refractivity contribution < 1.29 is 14.2 Å². The SMILES string of the molecule is c1ccc(N2c3ccccc3C3(c4ccccc4B4c5ccccc5Oc5cc(-n6c7ccccc7c7ccccc76)cc3c54)c3ccccc32)cc1.c1ccc([Si]2(c3ccccc3)c3ccccc3B3c4ccccc4Oc4cc(-n5c6ccccc6c6ccccc65)cc2c43)cc1.c1ccc2c(c1)Oc1cc(-n3c4ccccc4c4ccccc43)cc3c1B2c1ccccc1C31c2ccccc2-c2ccccc21. The van der Waals surface area contributed by atoms with Crippen LogP contribution in [0.25, 0.3) is 93.6 Å². The zero-order valence-corrected chi connectivity index (χ0v) is 79.8. The van der Waals surface area contributed by atoms with Crippen LogP contribution in [0.1, 0.15) is 44.5 Å². The number of fused-ring (bicyclic) bond motifs is 34. The van der Waals surface area contributed by atoms with Gasteiger partial charge in [0.1, 0.15) is 34.5 Å². The second kappa shape index (κ2) is 31.4. The number of anilines is 3. The van der Waals surface area contributed by atoms with Crippen LogP contribution >= 0.6 is 0 Å². The van der Waals surface area contributed by atoms with E-state index in [0.717, 1.165) is 57.2 Å². The van der Waals surface area contributed by atoms with Crippen LogP contribution in [0.3, 0.4) is 0 Å². The Morgan fingerprint density at radius 3 is 0.869 bits per heavy atom. The Hall–Kier alpha value is -18.1. The summed E-state index contributed by atoms with van der Waals surface area (Å²) in [6, 6.07) is 190. The maximum Gasteiger partial charge on any atom is 0.251 e. The van der Waals surface area contributed by atoms with Crippen LogP contribution in [0.2, 0.25) is 0 Å². The van der Waals surface area contributed by atoms with Crippen LogP contribution in [-0.2, 0) is 10.8 Å². The molecule has 11 heteroatoms. The zero-order chi connectivity index (χ0) is 94.9. The van der Waals surface area contributed by atoms with Crippen molar-refractivity contribution in [2.24, 2.45) is 0 Å². The molecule has 0 N–H and O–H groups in total. The first-order chi connectivity index (χ1) is 72.0. The zero-order valence-electron chi connectivity index (χ0n) is 78.8. The Kier molecular flexibility index (Phi) is 17.7. The van der Waals surface area contributed by atoms with Gasteiger partial charge in [-0.05, 0) is 206 Å². The third-order valence-electron chi connectivity index (χ3n) is 32.8. The van der Waals surface area contributed by atoms with Crippen LogP contribution in [0.4, 0.5) is 17.1 Å². The fraction of sp³-hybridized carbons (Fsp3) is 0.0149. The summed E-state index contributed by atoms with van der Waals surface area (Å²) in [7, 11) is -2.83. The predicted octanol–water partition coefficient (Wildman–Crippen LogP) is 23.1. The van der Waals surface area contributed by atoms with Crippen LogP contribution in [0.15, 0.2) is 516 Å². The minimum Gasteiger partial charge on any atom is -0.458 e. The van der Waals surface area contributed by atoms with E-state index in [1.165, 1.54) is 202 Å². The minimum atomic E-state index is -2.83. The molecule has 7 aliphatic heterocycles. The number of hydrogen-bond acceptors (Lipinski definition) is 4. The summed E-state index contributed by atoms with van der Waals surface area (Å²) in [5.74, 6) is 5.60. The molecule has 33 rings (SSSR count). The first kappa shape index (κ1) is 81.7. The molecule has 7 nitrogen and oxygen atoms in total. The lowest BCUT2D eigenvalue weighted by atomic mass is 9.29. The van der Waals surface area contributed by atoms with Crippen LogP contribution in [0, 0.1) is 0 Å². The van der Waals surface area contributed by atoms with Gasteiger partial charge in [-0.3, -0.25) is 0 Å². The Bertz CT molecular complexity index is 9220. The molecule has 0 amide bonds. The molecule has 145 heavy (non-hydrogen) atoms. The summed E-state index contributed by atoms with van der Waals surface area (Å²) in [6.45, 7) is 0.181. The predicted molar refractivity (Wildman–Crippen MR) is 603 cm³/mol. The maximum absolute atomic E-state index is 7.08. The summed E-state index contributed by atoms with van der Waals surface area (Å²) in [4.78, 5) is 2.44. The molecule has 0 fully saturated rings. The van der Waals surface area contributed by atoms with Gasteiger partial charge in [0.05, 0.1) is 66.7 Å². The normalized spacial score (nSPS) is 14.2. The molecule has 1 aliphatic carbocycles. The molecular formula is C134H85B3N4O3Si. The van der Waals surface area contributed by atoms with Crippen LogP contribution < -0.4 is 89.0 Å². The highest BCUT2D eigenvalue weighted by Crippen LogP contribution is 2.61. The van der Waals surface area contributed by atoms with Gasteiger partial charge in [0.2, 0.25) is 0 Å². The molecule has 8 aliphatic rings. The van der Waals surface area contributed by atoms with Crippen molar-refractivity contribution >= 4 is 181 Å². The molecular weight excluding hydrogens is 1770 g/mol. The fourth-order valence-electron chi connectivity index (χ4n) is 27.5. The van der Waals surface area contributed by atoms with E-state index in [1.807, 2.05) is 0 Å². The molecule has 3 aromatic heterocycles. The number of nitrogens with zero attached hydrogens (tertiary/aromatic N) is 4.